The summed E-state index contributed by atoms with van der Waals surface area (Å²) >= 11 is 3.37. The number of rotatable bonds is 2. The number of pyridine rings is 1. The summed E-state index contributed by atoms with van der Waals surface area (Å²) < 4.78 is 3.13. The second-order valence-corrected chi connectivity index (χ2v) is 2.96. The lowest BCUT2D eigenvalue weighted by atomic mass is 10.5. The first-order valence-electron chi connectivity index (χ1n) is 3.17. The van der Waals surface area contributed by atoms with E-state index in [4.69, 9.17) is 5.73 Å². The smallest absolute Gasteiger partial charge is 0.183 e. The van der Waals surface area contributed by atoms with Crippen LogP contribution in [0.5, 0.6) is 0 Å². The van der Waals surface area contributed by atoms with Gasteiger partial charge in [-0.15, -0.1) is 0 Å². The average Bonchev–Trinajstić information content (AvgIpc) is 1.88. The Morgan fingerprint density at radius 3 is 3.00 bits per heavy atom. The van der Waals surface area contributed by atoms with Crippen molar-refractivity contribution in [3.63, 3.8) is 0 Å². The van der Waals surface area contributed by atoms with Crippen molar-refractivity contribution in [2.24, 2.45) is 5.73 Å². The van der Waals surface area contributed by atoms with Crippen LogP contribution in [0.4, 0.5) is 0 Å². The van der Waals surface area contributed by atoms with Gasteiger partial charge in [0.25, 0.3) is 0 Å². The van der Waals surface area contributed by atoms with E-state index in [2.05, 4.69) is 15.9 Å². The first-order chi connectivity index (χ1) is 4.83. The van der Waals surface area contributed by atoms with Gasteiger partial charge < -0.3 is 5.73 Å². The van der Waals surface area contributed by atoms with Crippen molar-refractivity contribution in [2.45, 2.75) is 6.54 Å². The molecule has 0 aliphatic carbocycles. The highest BCUT2D eigenvalue weighted by atomic mass is 79.9. The third-order valence-electron chi connectivity index (χ3n) is 1.21. The minimum Gasteiger partial charge on any atom is -0.325 e. The van der Waals surface area contributed by atoms with Crippen LogP contribution < -0.4 is 10.3 Å². The molecule has 2 nitrogen and oxygen atoms in total. The van der Waals surface area contributed by atoms with Crippen molar-refractivity contribution >= 4 is 15.9 Å². The van der Waals surface area contributed by atoms with Crippen LogP contribution in [-0.2, 0) is 6.54 Å². The molecule has 1 rings (SSSR count). The topological polar surface area (TPSA) is 29.9 Å². The Kier molecular flexibility index (Phi) is 2.83. The Hall–Kier alpha value is -0.410. The van der Waals surface area contributed by atoms with Gasteiger partial charge in [-0.25, -0.2) is 4.57 Å². The molecule has 0 aromatic carbocycles. The lowest BCUT2D eigenvalue weighted by Gasteiger charge is -1.91. The highest BCUT2D eigenvalue weighted by Crippen LogP contribution is 2.02. The first-order valence-corrected chi connectivity index (χ1v) is 3.97. The Bertz CT molecular complexity index is 213. The molecule has 0 saturated carbocycles. The van der Waals surface area contributed by atoms with E-state index in [0.717, 1.165) is 11.0 Å². The van der Waals surface area contributed by atoms with E-state index < -0.39 is 0 Å². The van der Waals surface area contributed by atoms with E-state index >= 15 is 0 Å². The fourth-order valence-electron chi connectivity index (χ4n) is 0.778. The standard InChI is InChI=1S/C7H10BrN2/c8-7-2-1-4-10(6-7)5-3-9/h1-2,4,6H,3,5,9H2/q+1. The molecule has 1 heterocycles. The maximum absolute atomic E-state index is 5.37. The SMILES string of the molecule is NCC[n+]1cccc(Br)c1. The fourth-order valence-corrected chi connectivity index (χ4v) is 1.19. The Balaban J connectivity index is 2.75. The van der Waals surface area contributed by atoms with Crippen LogP contribution in [0.3, 0.4) is 0 Å². The van der Waals surface area contributed by atoms with Crippen LogP contribution in [0.2, 0.25) is 0 Å². The summed E-state index contributed by atoms with van der Waals surface area (Å²) in [6.07, 6.45) is 4.00. The van der Waals surface area contributed by atoms with Gasteiger partial charge in [0.1, 0.15) is 0 Å². The van der Waals surface area contributed by atoms with E-state index in [-0.39, 0.29) is 0 Å². The Morgan fingerprint density at radius 1 is 1.60 bits per heavy atom. The lowest BCUT2D eigenvalue weighted by molar-refractivity contribution is -0.695. The number of hydrogen-bond acceptors (Lipinski definition) is 1. The van der Waals surface area contributed by atoms with E-state index in [9.17, 15) is 0 Å². The highest BCUT2D eigenvalue weighted by molar-refractivity contribution is 9.10. The van der Waals surface area contributed by atoms with Gasteiger partial charge in [0.15, 0.2) is 18.9 Å². The Morgan fingerprint density at radius 2 is 2.40 bits per heavy atom. The molecule has 0 aliphatic rings. The number of nitrogens with two attached hydrogens (primary N) is 1. The number of nitrogens with zero attached hydrogens (tertiary/aromatic N) is 1. The second-order valence-electron chi connectivity index (χ2n) is 2.05. The molecule has 10 heavy (non-hydrogen) atoms. The molecular weight excluding hydrogens is 192 g/mol. The third-order valence-corrected chi connectivity index (χ3v) is 1.68. The molecule has 0 spiro atoms. The maximum Gasteiger partial charge on any atom is 0.183 e. The van der Waals surface area contributed by atoms with Crippen molar-refractivity contribution in [1.82, 2.24) is 0 Å². The molecule has 0 fully saturated rings. The summed E-state index contributed by atoms with van der Waals surface area (Å²) in [4.78, 5) is 0. The largest absolute Gasteiger partial charge is 0.325 e. The number of hydrogen-bond donors (Lipinski definition) is 1. The van der Waals surface area contributed by atoms with Gasteiger partial charge in [0.2, 0.25) is 0 Å². The zero-order valence-corrected chi connectivity index (χ0v) is 7.21. The number of halogens is 1. The Labute approximate surface area is 68.8 Å². The molecule has 54 valence electrons. The molecule has 2 N–H and O–H groups in total. The summed E-state index contributed by atoms with van der Waals surface area (Å²) in [5.41, 5.74) is 5.37. The molecule has 0 radical (unpaired) electrons. The average molecular weight is 202 g/mol. The summed E-state index contributed by atoms with van der Waals surface area (Å²) in [5, 5.41) is 0. The van der Waals surface area contributed by atoms with Crippen molar-refractivity contribution in [2.75, 3.05) is 6.54 Å². The van der Waals surface area contributed by atoms with Gasteiger partial charge in [-0.3, -0.25) is 0 Å². The summed E-state index contributed by atoms with van der Waals surface area (Å²) in [6, 6.07) is 3.98. The highest BCUT2D eigenvalue weighted by Gasteiger charge is 1.96. The zero-order chi connectivity index (χ0) is 7.40. The van der Waals surface area contributed by atoms with Crippen LogP contribution in [0.15, 0.2) is 29.0 Å². The summed E-state index contributed by atoms with van der Waals surface area (Å²) in [6.45, 7) is 1.56. The van der Waals surface area contributed by atoms with Crippen LogP contribution in [0, 0.1) is 0 Å². The van der Waals surface area contributed by atoms with Gasteiger partial charge in [0, 0.05) is 6.07 Å². The van der Waals surface area contributed by atoms with Crippen LogP contribution in [-0.4, -0.2) is 6.54 Å². The maximum atomic E-state index is 5.37. The molecule has 1 aromatic heterocycles. The minimum absolute atomic E-state index is 0.682. The molecule has 0 saturated heterocycles. The molecule has 1 aromatic rings. The zero-order valence-electron chi connectivity index (χ0n) is 5.63. The molecule has 0 atom stereocenters. The molecule has 0 bridgehead atoms. The summed E-state index contributed by atoms with van der Waals surface area (Å²) in [7, 11) is 0. The second kappa shape index (κ2) is 3.68. The third kappa shape index (κ3) is 2.08. The van der Waals surface area contributed by atoms with E-state index in [0.29, 0.717) is 6.54 Å². The molecule has 3 heteroatoms. The predicted octanol–water partition coefficient (Wildman–Crippen LogP) is 0.695. The predicted molar refractivity (Wildman–Crippen MR) is 43.4 cm³/mol. The van der Waals surface area contributed by atoms with Crippen molar-refractivity contribution in [1.29, 1.82) is 0 Å². The first kappa shape index (κ1) is 7.69. The van der Waals surface area contributed by atoms with Crippen LogP contribution in [0.1, 0.15) is 0 Å². The molecule has 0 amide bonds. The van der Waals surface area contributed by atoms with Crippen molar-refractivity contribution in [3.05, 3.63) is 29.0 Å². The van der Waals surface area contributed by atoms with Crippen LogP contribution >= 0.6 is 15.9 Å². The molecule has 0 aliphatic heterocycles. The van der Waals surface area contributed by atoms with E-state index in [1.54, 1.807) is 0 Å². The van der Waals surface area contributed by atoms with Gasteiger partial charge in [-0.2, -0.15) is 0 Å². The lowest BCUT2D eigenvalue weighted by Crippen LogP contribution is -2.36. The summed E-state index contributed by atoms with van der Waals surface area (Å²) in [5.74, 6) is 0. The van der Waals surface area contributed by atoms with Crippen molar-refractivity contribution < 1.29 is 4.57 Å². The fraction of sp³-hybridized carbons (Fsp3) is 0.286. The van der Waals surface area contributed by atoms with Gasteiger partial charge in [-0.1, -0.05) is 0 Å². The van der Waals surface area contributed by atoms with E-state index in [1.807, 2.05) is 29.1 Å². The van der Waals surface area contributed by atoms with Crippen molar-refractivity contribution in [3.8, 4) is 0 Å². The van der Waals surface area contributed by atoms with Crippen LogP contribution in [0.25, 0.3) is 0 Å². The number of aromatic nitrogens is 1. The monoisotopic (exact) mass is 201 g/mol. The quantitative estimate of drug-likeness (QED) is 0.702. The van der Waals surface area contributed by atoms with E-state index in [1.165, 1.54) is 0 Å². The minimum atomic E-state index is 0.682. The normalized spacial score (nSPS) is 9.80. The van der Waals surface area contributed by atoms with Gasteiger partial charge in [-0.05, 0) is 22.0 Å². The molecule has 0 unspecified atom stereocenters. The molecular formula is C7H10BrN2+. The van der Waals surface area contributed by atoms with Gasteiger partial charge >= 0.3 is 0 Å². The van der Waals surface area contributed by atoms with Gasteiger partial charge in [0.05, 0.1) is 11.0 Å².